The molecule has 0 saturated carbocycles. The van der Waals surface area contributed by atoms with Gasteiger partial charge in [0, 0.05) is 5.46 Å². The van der Waals surface area contributed by atoms with Crippen molar-refractivity contribution in [1.82, 2.24) is 0 Å². The first-order valence-electron chi connectivity index (χ1n) is 7.42. The van der Waals surface area contributed by atoms with Crippen LogP contribution in [0.1, 0.15) is 47.1 Å². The minimum Gasteiger partial charge on any atom is -0.494 e. The van der Waals surface area contributed by atoms with E-state index in [0.29, 0.717) is 6.61 Å². The summed E-state index contributed by atoms with van der Waals surface area (Å²) < 4.78 is 18.0. The number of benzene rings is 1. The summed E-state index contributed by atoms with van der Waals surface area (Å²) in [5, 5.41) is 0. The van der Waals surface area contributed by atoms with Gasteiger partial charge in [-0.1, -0.05) is 19.1 Å². The van der Waals surface area contributed by atoms with Gasteiger partial charge in [-0.2, -0.15) is 0 Å². The highest BCUT2D eigenvalue weighted by atomic mass is 16.7. The molecule has 0 aromatic heterocycles. The highest BCUT2D eigenvalue weighted by Crippen LogP contribution is 2.37. The van der Waals surface area contributed by atoms with Gasteiger partial charge in [-0.3, -0.25) is 0 Å². The van der Waals surface area contributed by atoms with Crippen LogP contribution in [0.25, 0.3) is 0 Å². The standard InChI is InChI=1S/C16H25BO3/c1-7-12-9-10-14(18-8-2)13(11-12)17-19-15(3,4)16(5,6)20-17/h9-11H,7-8H2,1-6H3. The van der Waals surface area contributed by atoms with Crippen molar-refractivity contribution in [3.63, 3.8) is 0 Å². The Bertz CT molecular complexity index is 467. The topological polar surface area (TPSA) is 27.7 Å². The van der Waals surface area contributed by atoms with Crippen LogP contribution in [0.3, 0.4) is 0 Å². The fourth-order valence-electron chi connectivity index (χ4n) is 2.26. The maximum Gasteiger partial charge on any atom is 0.498 e. The van der Waals surface area contributed by atoms with Crippen molar-refractivity contribution in [2.24, 2.45) is 0 Å². The summed E-state index contributed by atoms with van der Waals surface area (Å²) >= 11 is 0. The monoisotopic (exact) mass is 276 g/mol. The molecule has 1 aromatic carbocycles. The number of aryl methyl sites for hydroxylation is 1. The van der Waals surface area contributed by atoms with Crippen LogP contribution in [-0.4, -0.2) is 24.9 Å². The van der Waals surface area contributed by atoms with Gasteiger partial charge in [-0.15, -0.1) is 0 Å². The molecule has 0 bridgehead atoms. The van der Waals surface area contributed by atoms with Crippen molar-refractivity contribution >= 4 is 12.6 Å². The lowest BCUT2D eigenvalue weighted by Crippen LogP contribution is -2.41. The Morgan fingerprint density at radius 2 is 1.65 bits per heavy atom. The molecule has 1 aliphatic rings. The van der Waals surface area contributed by atoms with Gasteiger partial charge in [0.1, 0.15) is 5.75 Å². The molecule has 4 heteroatoms. The van der Waals surface area contributed by atoms with Gasteiger partial charge in [0.15, 0.2) is 0 Å². The molecule has 1 aromatic rings. The molecule has 0 N–H and O–H groups in total. The number of hydrogen-bond donors (Lipinski definition) is 0. The highest BCUT2D eigenvalue weighted by Gasteiger charge is 2.52. The maximum atomic E-state index is 6.13. The van der Waals surface area contributed by atoms with Crippen LogP contribution in [0.5, 0.6) is 5.75 Å². The molecule has 1 heterocycles. The Balaban J connectivity index is 2.37. The summed E-state index contributed by atoms with van der Waals surface area (Å²) in [6, 6.07) is 6.25. The zero-order valence-electron chi connectivity index (χ0n) is 13.4. The third-order valence-electron chi connectivity index (χ3n) is 4.29. The van der Waals surface area contributed by atoms with Gasteiger partial charge < -0.3 is 14.0 Å². The number of rotatable bonds is 4. The van der Waals surface area contributed by atoms with Crippen LogP contribution >= 0.6 is 0 Å². The van der Waals surface area contributed by atoms with E-state index < -0.39 is 0 Å². The normalized spacial score (nSPS) is 20.2. The van der Waals surface area contributed by atoms with Crippen LogP contribution in [-0.2, 0) is 15.7 Å². The molecule has 0 radical (unpaired) electrons. The molecule has 0 unspecified atom stereocenters. The summed E-state index contributed by atoms with van der Waals surface area (Å²) in [6.07, 6.45) is 0.985. The van der Waals surface area contributed by atoms with E-state index in [1.54, 1.807) is 0 Å². The largest absolute Gasteiger partial charge is 0.498 e. The van der Waals surface area contributed by atoms with E-state index in [-0.39, 0.29) is 18.3 Å². The molecule has 0 aliphatic carbocycles. The molecule has 3 nitrogen and oxygen atoms in total. The third-order valence-corrected chi connectivity index (χ3v) is 4.29. The second-order valence-corrected chi connectivity index (χ2v) is 6.25. The first-order valence-corrected chi connectivity index (χ1v) is 7.42. The van der Waals surface area contributed by atoms with Crippen molar-refractivity contribution in [2.75, 3.05) is 6.61 Å². The molecular formula is C16H25BO3. The van der Waals surface area contributed by atoms with E-state index in [0.717, 1.165) is 17.6 Å². The molecule has 1 fully saturated rings. The quantitative estimate of drug-likeness (QED) is 0.791. The van der Waals surface area contributed by atoms with Crippen molar-refractivity contribution in [1.29, 1.82) is 0 Å². The molecule has 0 amide bonds. The summed E-state index contributed by atoms with van der Waals surface area (Å²) in [5.74, 6) is 0.850. The van der Waals surface area contributed by atoms with Gasteiger partial charge in [-0.25, -0.2) is 0 Å². The van der Waals surface area contributed by atoms with Crippen molar-refractivity contribution < 1.29 is 14.0 Å². The lowest BCUT2D eigenvalue weighted by molar-refractivity contribution is 0.00578. The van der Waals surface area contributed by atoms with E-state index >= 15 is 0 Å². The van der Waals surface area contributed by atoms with E-state index in [1.165, 1.54) is 5.56 Å². The Morgan fingerprint density at radius 1 is 1.05 bits per heavy atom. The Labute approximate surface area is 122 Å². The smallest absolute Gasteiger partial charge is 0.494 e. The van der Waals surface area contributed by atoms with Crippen LogP contribution in [0, 0.1) is 0 Å². The minimum absolute atomic E-state index is 0.330. The van der Waals surface area contributed by atoms with Gasteiger partial charge in [0.05, 0.1) is 17.8 Å². The van der Waals surface area contributed by atoms with Gasteiger partial charge in [-0.05, 0) is 52.7 Å². The lowest BCUT2D eigenvalue weighted by Gasteiger charge is -2.32. The van der Waals surface area contributed by atoms with E-state index in [9.17, 15) is 0 Å². The Hall–Kier alpha value is -0.995. The highest BCUT2D eigenvalue weighted by molar-refractivity contribution is 6.63. The predicted octanol–water partition coefficient (Wildman–Crippen LogP) is 2.95. The molecule has 1 saturated heterocycles. The molecule has 2 rings (SSSR count). The van der Waals surface area contributed by atoms with Crippen LogP contribution in [0.4, 0.5) is 0 Å². The van der Waals surface area contributed by atoms with E-state index in [4.69, 9.17) is 14.0 Å². The summed E-state index contributed by atoms with van der Waals surface area (Å²) in [4.78, 5) is 0. The lowest BCUT2D eigenvalue weighted by atomic mass is 9.77. The third kappa shape index (κ3) is 2.72. The zero-order chi connectivity index (χ0) is 15.0. The van der Waals surface area contributed by atoms with Crippen LogP contribution in [0.15, 0.2) is 18.2 Å². The summed E-state index contributed by atoms with van der Waals surface area (Å²) in [6.45, 7) is 13.0. The average molecular weight is 276 g/mol. The minimum atomic E-state index is -0.368. The van der Waals surface area contributed by atoms with Gasteiger partial charge >= 0.3 is 7.12 Å². The summed E-state index contributed by atoms with van der Waals surface area (Å²) in [5.41, 5.74) is 1.59. The van der Waals surface area contributed by atoms with Crippen LogP contribution in [0.2, 0.25) is 0 Å². The summed E-state index contributed by atoms with van der Waals surface area (Å²) in [7, 11) is -0.368. The number of hydrogen-bond acceptors (Lipinski definition) is 3. The van der Waals surface area contributed by atoms with E-state index in [2.05, 4.69) is 46.8 Å². The molecular weight excluding hydrogens is 251 g/mol. The van der Waals surface area contributed by atoms with Crippen molar-refractivity contribution in [3.05, 3.63) is 23.8 Å². The molecule has 1 aliphatic heterocycles. The second kappa shape index (κ2) is 5.42. The first-order chi connectivity index (χ1) is 9.30. The molecule has 20 heavy (non-hydrogen) atoms. The average Bonchev–Trinajstić information content (AvgIpc) is 2.59. The maximum absolute atomic E-state index is 6.13. The fourth-order valence-corrected chi connectivity index (χ4v) is 2.26. The van der Waals surface area contributed by atoms with Crippen molar-refractivity contribution in [3.8, 4) is 5.75 Å². The fraction of sp³-hybridized carbons (Fsp3) is 0.625. The second-order valence-electron chi connectivity index (χ2n) is 6.25. The van der Waals surface area contributed by atoms with Gasteiger partial charge in [0.25, 0.3) is 0 Å². The number of ether oxygens (including phenoxy) is 1. The molecule has 0 spiro atoms. The SMILES string of the molecule is CCOc1ccc(CC)cc1B1OC(C)(C)C(C)(C)O1. The Morgan fingerprint density at radius 3 is 2.15 bits per heavy atom. The predicted molar refractivity (Wildman–Crippen MR) is 82.7 cm³/mol. The molecule has 0 atom stereocenters. The first kappa shape index (κ1) is 15.4. The van der Waals surface area contributed by atoms with Crippen molar-refractivity contribution in [2.45, 2.75) is 59.2 Å². The van der Waals surface area contributed by atoms with E-state index in [1.807, 2.05) is 13.0 Å². The zero-order valence-corrected chi connectivity index (χ0v) is 13.4. The van der Waals surface area contributed by atoms with Crippen LogP contribution < -0.4 is 10.2 Å². The Kier molecular flexibility index (Phi) is 4.17. The molecule has 110 valence electrons. The van der Waals surface area contributed by atoms with Gasteiger partial charge in [0.2, 0.25) is 0 Å².